The van der Waals surface area contributed by atoms with E-state index in [-0.39, 0.29) is 23.7 Å². The molecule has 0 aromatic rings. The topological polar surface area (TPSA) is 46.6 Å². The summed E-state index contributed by atoms with van der Waals surface area (Å²) in [6, 6.07) is 0. The lowest BCUT2D eigenvalue weighted by atomic mass is 9.94. The maximum atomic E-state index is 11.9. The molecule has 1 atom stereocenters. The molecule has 0 heterocycles. The quantitative estimate of drug-likeness (QED) is 0.548. The first kappa shape index (κ1) is 15.2. The van der Waals surface area contributed by atoms with Crippen molar-refractivity contribution in [2.24, 2.45) is 11.3 Å². The second-order valence-corrected chi connectivity index (χ2v) is 4.89. The van der Waals surface area contributed by atoms with Crippen molar-refractivity contribution < 1.29 is 14.3 Å². The summed E-state index contributed by atoms with van der Waals surface area (Å²) in [6.45, 7) is 5.62. The van der Waals surface area contributed by atoms with Crippen LogP contribution in [0.15, 0.2) is 0 Å². The number of hydrogen-bond acceptors (Lipinski definition) is 3. The van der Waals surface area contributed by atoms with Crippen molar-refractivity contribution in [3.63, 3.8) is 0 Å². The number of esters is 1. The number of alkyl halides is 1. The van der Waals surface area contributed by atoms with E-state index in [0.717, 1.165) is 0 Å². The van der Waals surface area contributed by atoms with Crippen molar-refractivity contribution >= 4 is 23.5 Å². The highest BCUT2D eigenvalue weighted by molar-refractivity contribution is 6.19. The summed E-state index contributed by atoms with van der Waals surface area (Å²) in [5, 5.41) is 0. The number of carbonyl (C=O) groups is 2. The molecular formula is C11H20ClNO3. The van der Waals surface area contributed by atoms with Crippen LogP contribution in [0.4, 0.5) is 0 Å². The van der Waals surface area contributed by atoms with E-state index in [9.17, 15) is 9.59 Å². The zero-order valence-corrected chi connectivity index (χ0v) is 11.3. The lowest BCUT2D eigenvalue weighted by Crippen LogP contribution is -2.42. The Hall–Kier alpha value is -0.770. The van der Waals surface area contributed by atoms with Gasteiger partial charge >= 0.3 is 5.97 Å². The second kappa shape index (κ2) is 6.09. The van der Waals surface area contributed by atoms with Crippen LogP contribution in [0.5, 0.6) is 0 Å². The Morgan fingerprint density at radius 3 is 2.31 bits per heavy atom. The molecule has 0 saturated carbocycles. The fourth-order valence-electron chi connectivity index (χ4n) is 1.34. The van der Waals surface area contributed by atoms with E-state index in [1.807, 2.05) is 0 Å². The molecule has 1 amide bonds. The molecule has 94 valence electrons. The third kappa shape index (κ3) is 4.00. The van der Waals surface area contributed by atoms with E-state index >= 15 is 0 Å². The van der Waals surface area contributed by atoms with Crippen molar-refractivity contribution in [2.45, 2.75) is 20.8 Å². The summed E-state index contributed by atoms with van der Waals surface area (Å²) < 4.78 is 4.60. The highest BCUT2D eigenvalue weighted by Gasteiger charge is 2.30. The van der Waals surface area contributed by atoms with Gasteiger partial charge in [0.1, 0.15) is 0 Å². The predicted molar refractivity (Wildman–Crippen MR) is 63.3 cm³/mol. The first-order chi connectivity index (χ1) is 7.26. The predicted octanol–water partition coefficient (Wildman–Crippen LogP) is 1.52. The number of hydrogen-bond donors (Lipinski definition) is 0. The molecule has 5 heteroatoms. The Kier molecular flexibility index (Phi) is 5.79. The molecule has 0 spiro atoms. The third-order valence-electron chi connectivity index (χ3n) is 2.41. The van der Waals surface area contributed by atoms with E-state index in [1.165, 1.54) is 12.0 Å². The monoisotopic (exact) mass is 249 g/mol. The summed E-state index contributed by atoms with van der Waals surface area (Å²) in [5.74, 6) is -0.463. The Labute approximate surface area is 102 Å². The van der Waals surface area contributed by atoms with Crippen LogP contribution in [0.1, 0.15) is 20.8 Å². The summed E-state index contributed by atoms with van der Waals surface area (Å²) in [7, 11) is 3.00. The lowest BCUT2D eigenvalue weighted by molar-refractivity contribution is -0.147. The van der Waals surface area contributed by atoms with E-state index in [1.54, 1.807) is 27.8 Å². The maximum absolute atomic E-state index is 11.9. The molecule has 0 N–H and O–H groups in total. The van der Waals surface area contributed by atoms with E-state index in [0.29, 0.717) is 6.54 Å². The molecule has 0 bridgehead atoms. The number of rotatable bonds is 5. The van der Waals surface area contributed by atoms with Crippen molar-refractivity contribution in [2.75, 3.05) is 26.6 Å². The van der Waals surface area contributed by atoms with Crippen LogP contribution >= 0.6 is 11.6 Å². The number of nitrogens with zero attached hydrogens (tertiary/aromatic N) is 1. The molecule has 4 nitrogen and oxygen atoms in total. The fraction of sp³-hybridized carbons (Fsp3) is 0.818. The van der Waals surface area contributed by atoms with Crippen LogP contribution in [-0.4, -0.2) is 43.4 Å². The smallest absolute Gasteiger partial charge is 0.310 e. The molecule has 0 aromatic carbocycles. The van der Waals surface area contributed by atoms with Crippen molar-refractivity contribution in [3.8, 4) is 0 Å². The Bertz CT molecular complexity index is 266. The van der Waals surface area contributed by atoms with E-state index < -0.39 is 5.41 Å². The van der Waals surface area contributed by atoms with Gasteiger partial charge in [-0.2, -0.15) is 0 Å². The summed E-state index contributed by atoms with van der Waals surface area (Å²) in [5.41, 5.74) is -0.605. The second-order valence-electron chi connectivity index (χ2n) is 4.63. The molecule has 0 aliphatic heterocycles. The SMILES string of the molecule is COC(=O)C(C)CN(C)C(=O)C(C)(C)CCl. The van der Waals surface area contributed by atoms with Gasteiger partial charge in [-0.1, -0.05) is 6.92 Å². The van der Waals surface area contributed by atoms with Gasteiger partial charge in [0.2, 0.25) is 5.91 Å². The average molecular weight is 250 g/mol. The normalized spacial score (nSPS) is 13.1. The van der Waals surface area contributed by atoms with E-state index in [4.69, 9.17) is 11.6 Å². The van der Waals surface area contributed by atoms with Gasteiger partial charge in [-0.25, -0.2) is 0 Å². The first-order valence-electron chi connectivity index (χ1n) is 5.15. The Morgan fingerprint density at radius 1 is 1.44 bits per heavy atom. The minimum Gasteiger partial charge on any atom is -0.469 e. The average Bonchev–Trinajstić information content (AvgIpc) is 2.26. The first-order valence-corrected chi connectivity index (χ1v) is 5.69. The van der Waals surface area contributed by atoms with Gasteiger partial charge in [0.15, 0.2) is 0 Å². The molecule has 0 aromatic heterocycles. The van der Waals surface area contributed by atoms with Crippen molar-refractivity contribution in [1.82, 2.24) is 4.90 Å². The number of halogens is 1. The lowest BCUT2D eigenvalue weighted by Gasteiger charge is -2.28. The maximum Gasteiger partial charge on any atom is 0.310 e. The summed E-state index contributed by atoms with van der Waals surface area (Å²) >= 11 is 5.72. The van der Waals surface area contributed by atoms with Gasteiger partial charge in [0.05, 0.1) is 18.4 Å². The zero-order valence-electron chi connectivity index (χ0n) is 10.5. The van der Waals surface area contributed by atoms with Crippen molar-refractivity contribution in [3.05, 3.63) is 0 Å². The Balaban J connectivity index is 4.42. The van der Waals surface area contributed by atoms with Gasteiger partial charge in [0, 0.05) is 19.5 Å². The van der Waals surface area contributed by atoms with Crippen LogP contribution in [-0.2, 0) is 14.3 Å². The molecular weight excluding hydrogens is 230 g/mol. The molecule has 0 rings (SSSR count). The van der Waals surface area contributed by atoms with Gasteiger partial charge in [-0.3, -0.25) is 9.59 Å². The van der Waals surface area contributed by atoms with Crippen LogP contribution in [0.2, 0.25) is 0 Å². The molecule has 16 heavy (non-hydrogen) atoms. The van der Waals surface area contributed by atoms with Gasteiger partial charge < -0.3 is 9.64 Å². The van der Waals surface area contributed by atoms with Gasteiger partial charge in [-0.15, -0.1) is 11.6 Å². The number of amides is 1. The Morgan fingerprint density at radius 2 is 1.94 bits per heavy atom. The van der Waals surface area contributed by atoms with Crippen LogP contribution in [0.25, 0.3) is 0 Å². The highest BCUT2D eigenvalue weighted by atomic mass is 35.5. The highest BCUT2D eigenvalue weighted by Crippen LogP contribution is 2.20. The minimum absolute atomic E-state index is 0.0711. The molecule has 0 aliphatic rings. The number of carbonyl (C=O) groups excluding carboxylic acids is 2. The fourth-order valence-corrected chi connectivity index (χ4v) is 1.46. The van der Waals surface area contributed by atoms with Gasteiger partial charge in [-0.05, 0) is 13.8 Å². The standard InChI is InChI=1S/C11H20ClNO3/c1-8(9(14)16-5)6-13(4)10(15)11(2,3)7-12/h8H,6-7H2,1-5H3. The van der Waals surface area contributed by atoms with Gasteiger partial charge in [0.25, 0.3) is 0 Å². The zero-order chi connectivity index (χ0) is 12.9. The molecule has 0 radical (unpaired) electrons. The van der Waals surface area contributed by atoms with E-state index in [2.05, 4.69) is 4.74 Å². The van der Waals surface area contributed by atoms with Crippen molar-refractivity contribution in [1.29, 1.82) is 0 Å². The van der Waals surface area contributed by atoms with Crippen LogP contribution in [0, 0.1) is 11.3 Å². The number of methoxy groups -OCH3 is 1. The molecule has 0 fully saturated rings. The number of ether oxygens (including phenoxy) is 1. The largest absolute Gasteiger partial charge is 0.469 e. The van der Waals surface area contributed by atoms with Crippen LogP contribution < -0.4 is 0 Å². The summed E-state index contributed by atoms with van der Waals surface area (Å²) in [6.07, 6.45) is 0. The minimum atomic E-state index is -0.605. The molecule has 1 unspecified atom stereocenters. The summed E-state index contributed by atoms with van der Waals surface area (Å²) in [4.78, 5) is 24.7. The molecule has 0 saturated heterocycles. The molecule has 0 aliphatic carbocycles. The van der Waals surface area contributed by atoms with Crippen LogP contribution in [0.3, 0.4) is 0 Å². The third-order valence-corrected chi connectivity index (χ3v) is 3.08.